The Hall–Kier alpha value is -3.46. The molecule has 1 aliphatic heterocycles. The maximum absolute atomic E-state index is 12.5. The van der Waals surface area contributed by atoms with Crippen molar-refractivity contribution in [2.45, 2.75) is 78.0 Å². The molecule has 2 fully saturated rings. The smallest absolute Gasteiger partial charge is 0.410 e. The summed E-state index contributed by atoms with van der Waals surface area (Å²) >= 11 is 0. The van der Waals surface area contributed by atoms with E-state index < -0.39 is 5.60 Å². The minimum Gasteiger partial charge on any atom is -0.497 e. The lowest BCUT2D eigenvalue weighted by Gasteiger charge is -2.33. The SMILES string of the molecule is COc1ccc(CN(C)Cc2c(OCC3CC3)ccc3c(CCC4CCN(C(=O)OC(C)(C)C)CC4)noc23)c(OC)c1. The molecule has 2 aliphatic rings. The second-order valence-electron chi connectivity index (χ2n) is 13.1. The van der Waals surface area contributed by atoms with Crippen LogP contribution in [0, 0.1) is 11.8 Å². The molecule has 0 N–H and O–H groups in total. The van der Waals surface area contributed by atoms with Gasteiger partial charge in [-0.2, -0.15) is 0 Å². The molecule has 0 spiro atoms. The van der Waals surface area contributed by atoms with Crippen LogP contribution in [0.4, 0.5) is 4.79 Å². The topological polar surface area (TPSA) is 86.5 Å². The zero-order chi connectivity index (χ0) is 30.6. The lowest BCUT2D eigenvalue weighted by Crippen LogP contribution is -2.41. The minimum atomic E-state index is -0.471. The van der Waals surface area contributed by atoms with Crippen LogP contribution in [0.1, 0.15) is 69.7 Å². The van der Waals surface area contributed by atoms with Gasteiger partial charge in [0.2, 0.25) is 0 Å². The molecule has 0 unspecified atom stereocenters. The molecule has 0 atom stereocenters. The molecular weight excluding hydrogens is 546 g/mol. The van der Waals surface area contributed by atoms with E-state index in [9.17, 15) is 4.79 Å². The second kappa shape index (κ2) is 13.5. The highest BCUT2D eigenvalue weighted by Crippen LogP contribution is 2.36. The summed E-state index contributed by atoms with van der Waals surface area (Å²) < 4.78 is 28.9. The number of fused-ring (bicyclic) bond motifs is 1. The molecule has 1 aromatic heterocycles. The summed E-state index contributed by atoms with van der Waals surface area (Å²) in [5.41, 5.74) is 3.42. The van der Waals surface area contributed by atoms with Crippen LogP contribution in [0.15, 0.2) is 34.9 Å². The summed E-state index contributed by atoms with van der Waals surface area (Å²) in [5.74, 6) is 3.62. The number of amides is 1. The number of benzene rings is 2. The first kappa shape index (κ1) is 31.0. The molecule has 234 valence electrons. The van der Waals surface area contributed by atoms with Crippen molar-refractivity contribution in [1.29, 1.82) is 0 Å². The zero-order valence-corrected chi connectivity index (χ0v) is 26.6. The van der Waals surface area contributed by atoms with Gasteiger partial charge >= 0.3 is 6.09 Å². The summed E-state index contributed by atoms with van der Waals surface area (Å²) in [6.45, 7) is 9.25. The molecule has 9 nitrogen and oxygen atoms in total. The third-order valence-electron chi connectivity index (χ3n) is 8.37. The number of carbonyl (C=O) groups excluding carboxylic acids is 1. The Morgan fingerprint density at radius 1 is 1.00 bits per heavy atom. The third kappa shape index (κ3) is 8.13. The van der Waals surface area contributed by atoms with Crippen molar-refractivity contribution in [2.75, 3.05) is 41.0 Å². The first-order chi connectivity index (χ1) is 20.6. The molecule has 9 heteroatoms. The maximum Gasteiger partial charge on any atom is 0.410 e. The van der Waals surface area contributed by atoms with Crippen LogP contribution in [-0.4, -0.2) is 67.6 Å². The van der Waals surface area contributed by atoms with Crippen molar-refractivity contribution >= 4 is 17.1 Å². The molecule has 1 saturated carbocycles. The molecule has 5 rings (SSSR count). The number of nitrogens with zero attached hydrogens (tertiary/aromatic N) is 3. The van der Waals surface area contributed by atoms with Crippen molar-refractivity contribution in [3.8, 4) is 17.2 Å². The lowest BCUT2D eigenvalue weighted by atomic mass is 9.91. The number of ether oxygens (including phenoxy) is 4. The third-order valence-corrected chi connectivity index (χ3v) is 8.37. The van der Waals surface area contributed by atoms with Gasteiger partial charge in [0.05, 0.1) is 32.1 Å². The van der Waals surface area contributed by atoms with Crippen LogP contribution in [0.5, 0.6) is 17.2 Å². The molecule has 0 bridgehead atoms. The van der Waals surface area contributed by atoms with E-state index in [1.165, 1.54) is 12.8 Å². The summed E-state index contributed by atoms with van der Waals surface area (Å²) in [7, 11) is 5.43. The molecule has 1 saturated heterocycles. The van der Waals surface area contributed by atoms with E-state index in [0.29, 0.717) is 24.9 Å². The normalized spacial score (nSPS) is 16.1. The zero-order valence-electron chi connectivity index (χ0n) is 26.6. The number of aryl methyl sites for hydroxylation is 1. The van der Waals surface area contributed by atoms with Gasteiger partial charge < -0.3 is 28.4 Å². The molecular formula is C34H47N3O6. The van der Waals surface area contributed by atoms with Gasteiger partial charge in [0, 0.05) is 43.2 Å². The number of methoxy groups -OCH3 is 2. The number of hydrogen-bond donors (Lipinski definition) is 0. The van der Waals surface area contributed by atoms with E-state index in [0.717, 1.165) is 90.4 Å². The van der Waals surface area contributed by atoms with E-state index in [1.807, 2.05) is 43.9 Å². The Balaban J connectivity index is 1.26. The summed E-state index contributed by atoms with van der Waals surface area (Å²) in [5, 5.41) is 5.59. The Morgan fingerprint density at radius 2 is 1.77 bits per heavy atom. The number of carbonyl (C=O) groups is 1. The number of aromatic nitrogens is 1. The van der Waals surface area contributed by atoms with Crippen molar-refractivity contribution in [3.63, 3.8) is 0 Å². The van der Waals surface area contributed by atoms with E-state index in [2.05, 4.69) is 29.2 Å². The fourth-order valence-corrected chi connectivity index (χ4v) is 5.72. The van der Waals surface area contributed by atoms with Crippen molar-refractivity contribution in [3.05, 3.63) is 47.2 Å². The number of piperidine rings is 1. The van der Waals surface area contributed by atoms with Crippen LogP contribution in [0.3, 0.4) is 0 Å². The predicted octanol–water partition coefficient (Wildman–Crippen LogP) is 6.85. The standard InChI is InChI=1S/C34H47N3O6/c1-34(2,3)42-33(38)37-17-15-23(16-18-37)9-13-29-27-12-14-30(41-22-24-7-8-24)28(32(27)43-35-29)21-36(4)20-25-10-11-26(39-5)19-31(25)40-6/h10-12,14,19,23-24H,7-9,13,15-18,20-22H2,1-6H3. The lowest BCUT2D eigenvalue weighted by molar-refractivity contribution is 0.0181. The Bertz CT molecular complexity index is 1380. The fraction of sp³-hybridized carbons (Fsp3) is 0.588. The summed E-state index contributed by atoms with van der Waals surface area (Å²) in [6, 6.07) is 10.1. The average Bonchev–Trinajstić information content (AvgIpc) is 3.72. The van der Waals surface area contributed by atoms with Crippen LogP contribution in [0.2, 0.25) is 0 Å². The van der Waals surface area contributed by atoms with Gasteiger partial charge in [-0.25, -0.2) is 4.79 Å². The highest BCUT2D eigenvalue weighted by atomic mass is 16.6. The number of hydrogen-bond acceptors (Lipinski definition) is 8. The molecule has 3 aromatic rings. The van der Waals surface area contributed by atoms with Crippen LogP contribution >= 0.6 is 0 Å². The van der Waals surface area contributed by atoms with Crippen molar-refractivity contribution in [1.82, 2.24) is 15.0 Å². The maximum atomic E-state index is 12.5. The number of rotatable bonds is 12. The Labute approximate surface area is 255 Å². The predicted molar refractivity (Wildman–Crippen MR) is 166 cm³/mol. The van der Waals surface area contributed by atoms with E-state index >= 15 is 0 Å². The Morgan fingerprint density at radius 3 is 2.44 bits per heavy atom. The van der Waals surface area contributed by atoms with Gasteiger partial charge in [-0.1, -0.05) is 11.2 Å². The van der Waals surface area contributed by atoms with Crippen LogP contribution in [-0.2, 0) is 24.2 Å². The van der Waals surface area contributed by atoms with Crippen LogP contribution < -0.4 is 14.2 Å². The van der Waals surface area contributed by atoms with Gasteiger partial charge in [-0.15, -0.1) is 0 Å². The van der Waals surface area contributed by atoms with Crippen LogP contribution in [0.25, 0.3) is 11.0 Å². The average molecular weight is 594 g/mol. The summed E-state index contributed by atoms with van der Waals surface area (Å²) in [6.07, 6.45) is 6.05. The van der Waals surface area contributed by atoms with Gasteiger partial charge in [-0.05, 0) is 96.4 Å². The highest BCUT2D eigenvalue weighted by Gasteiger charge is 2.28. The Kier molecular flexibility index (Phi) is 9.69. The van der Waals surface area contributed by atoms with E-state index in [1.54, 1.807) is 14.2 Å². The second-order valence-corrected chi connectivity index (χ2v) is 13.1. The quantitative estimate of drug-likeness (QED) is 0.226. The summed E-state index contributed by atoms with van der Waals surface area (Å²) in [4.78, 5) is 16.5. The molecule has 2 heterocycles. The molecule has 1 amide bonds. The van der Waals surface area contributed by atoms with Gasteiger partial charge in [-0.3, -0.25) is 4.90 Å². The van der Waals surface area contributed by atoms with Crippen molar-refractivity contribution < 1.29 is 28.3 Å². The number of likely N-dealkylation sites (tertiary alicyclic amines) is 1. The largest absolute Gasteiger partial charge is 0.497 e. The van der Waals surface area contributed by atoms with E-state index in [-0.39, 0.29) is 6.09 Å². The molecule has 2 aromatic carbocycles. The fourth-order valence-electron chi connectivity index (χ4n) is 5.72. The van der Waals surface area contributed by atoms with Crippen molar-refractivity contribution in [2.24, 2.45) is 11.8 Å². The van der Waals surface area contributed by atoms with Gasteiger partial charge in [0.25, 0.3) is 0 Å². The monoisotopic (exact) mass is 593 g/mol. The molecule has 0 radical (unpaired) electrons. The van der Waals surface area contributed by atoms with Gasteiger partial charge in [0.1, 0.15) is 22.8 Å². The first-order valence-corrected chi connectivity index (χ1v) is 15.5. The first-order valence-electron chi connectivity index (χ1n) is 15.5. The van der Waals surface area contributed by atoms with Gasteiger partial charge in [0.15, 0.2) is 5.58 Å². The minimum absolute atomic E-state index is 0.212. The highest BCUT2D eigenvalue weighted by molar-refractivity contribution is 5.84. The molecule has 1 aliphatic carbocycles. The van der Waals surface area contributed by atoms with E-state index in [4.69, 9.17) is 23.5 Å². The molecule has 43 heavy (non-hydrogen) atoms.